The number of guanidine groups is 1. The topological polar surface area (TPSA) is 58.6 Å². The van der Waals surface area contributed by atoms with Crippen molar-refractivity contribution in [1.82, 2.24) is 15.1 Å². The van der Waals surface area contributed by atoms with Crippen LogP contribution >= 0.6 is 11.6 Å². The van der Waals surface area contributed by atoms with E-state index in [-0.39, 0.29) is 18.2 Å². The molecule has 1 N–H and O–H groups in total. The Bertz CT molecular complexity index is 707. The Labute approximate surface area is 184 Å². The first-order valence-corrected chi connectivity index (χ1v) is 11.4. The zero-order valence-corrected chi connectivity index (χ0v) is 18.5. The second kappa shape index (κ2) is 10.8. The minimum Gasteiger partial charge on any atom is -0.379 e. The summed E-state index contributed by atoms with van der Waals surface area (Å²) in [5.74, 6) is 0.909. The number of benzene rings is 1. The van der Waals surface area contributed by atoms with Gasteiger partial charge in [0.2, 0.25) is 0 Å². The van der Waals surface area contributed by atoms with Gasteiger partial charge in [-0.2, -0.15) is 0 Å². The van der Waals surface area contributed by atoms with Crippen molar-refractivity contribution in [3.05, 3.63) is 34.9 Å². The molecule has 1 aromatic rings. The van der Waals surface area contributed by atoms with Crippen LogP contribution in [-0.4, -0.2) is 94.2 Å². The Morgan fingerprint density at radius 3 is 2.67 bits per heavy atom. The summed E-state index contributed by atoms with van der Waals surface area (Å²) in [5.41, 5.74) is 1.14. The van der Waals surface area contributed by atoms with E-state index in [9.17, 15) is 0 Å². The molecule has 0 spiro atoms. The minimum absolute atomic E-state index is 0.110. The molecule has 3 heterocycles. The first-order chi connectivity index (χ1) is 14.8. The summed E-state index contributed by atoms with van der Waals surface area (Å²) in [6.45, 7) is 7.21. The Balaban J connectivity index is 1.43. The predicted molar refractivity (Wildman–Crippen MR) is 118 cm³/mol. The third kappa shape index (κ3) is 5.26. The molecular weight excluding hydrogens is 404 g/mol. The minimum atomic E-state index is 0.110. The number of aliphatic imine (C=N–C) groups is 1. The van der Waals surface area contributed by atoms with Gasteiger partial charge in [-0.3, -0.25) is 9.89 Å². The molecule has 3 saturated heterocycles. The third-order valence-electron chi connectivity index (χ3n) is 6.19. The number of nitrogens with one attached hydrogen (secondary N) is 1. The molecule has 7 nitrogen and oxygen atoms in total. The van der Waals surface area contributed by atoms with E-state index in [1.54, 1.807) is 0 Å². The number of halogens is 1. The van der Waals surface area contributed by atoms with Crippen molar-refractivity contribution in [1.29, 1.82) is 0 Å². The van der Waals surface area contributed by atoms with Gasteiger partial charge in [0.25, 0.3) is 0 Å². The Morgan fingerprint density at radius 1 is 1.13 bits per heavy atom. The third-order valence-corrected chi connectivity index (χ3v) is 6.53. The number of nitrogens with zero attached hydrogens (tertiary/aromatic N) is 3. The average Bonchev–Trinajstić information content (AvgIpc) is 3.34. The highest BCUT2D eigenvalue weighted by Crippen LogP contribution is 2.28. The highest BCUT2D eigenvalue weighted by Gasteiger charge is 2.33. The van der Waals surface area contributed by atoms with Gasteiger partial charge < -0.3 is 24.4 Å². The number of rotatable bonds is 5. The lowest BCUT2D eigenvalue weighted by atomic mass is 10.0. The Kier molecular flexibility index (Phi) is 7.84. The van der Waals surface area contributed by atoms with Crippen molar-refractivity contribution in [2.24, 2.45) is 4.99 Å². The zero-order chi connectivity index (χ0) is 20.8. The molecule has 3 unspecified atom stereocenters. The van der Waals surface area contributed by atoms with Gasteiger partial charge in [0, 0.05) is 51.4 Å². The monoisotopic (exact) mass is 436 g/mol. The first-order valence-electron chi connectivity index (χ1n) is 11.0. The van der Waals surface area contributed by atoms with Crippen LogP contribution in [0.3, 0.4) is 0 Å². The molecule has 3 aliphatic rings. The maximum Gasteiger partial charge on any atom is 0.193 e. The summed E-state index contributed by atoms with van der Waals surface area (Å²) in [5, 5.41) is 4.41. The van der Waals surface area contributed by atoms with Gasteiger partial charge in [-0.25, -0.2) is 0 Å². The molecule has 30 heavy (non-hydrogen) atoms. The molecule has 3 fully saturated rings. The lowest BCUT2D eigenvalue weighted by molar-refractivity contribution is -0.0817. The van der Waals surface area contributed by atoms with Crippen LogP contribution in [0.2, 0.25) is 5.02 Å². The van der Waals surface area contributed by atoms with E-state index in [4.69, 9.17) is 25.8 Å². The number of hydrogen-bond donors (Lipinski definition) is 1. The number of ether oxygens (including phenoxy) is 3. The van der Waals surface area contributed by atoms with Crippen molar-refractivity contribution in [2.75, 3.05) is 66.2 Å². The summed E-state index contributed by atoms with van der Waals surface area (Å²) in [6, 6.07) is 8.28. The summed E-state index contributed by atoms with van der Waals surface area (Å²) in [6.07, 6.45) is 2.51. The highest BCUT2D eigenvalue weighted by atomic mass is 35.5. The molecule has 0 aliphatic carbocycles. The van der Waals surface area contributed by atoms with Crippen LogP contribution in [0, 0.1) is 0 Å². The van der Waals surface area contributed by atoms with E-state index in [0.29, 0.717) is 6.61 Å². The first kappa shape index (κ1) is 21.8. The molecular formula is C22H33ClN4O3. The smallest absolute Gasteiger partial charge is 0.193 e. The molecule has 0 saturated carbocycles. The second-order valence-corrected chi connectivity index (χ2v) is 8.43. The van der Waals surface area contributed by atoms with Gasteiger partial charge in [0.1, 0.15) is 6.10 Å². The lowest BCUT2D eigenvalue weighted by Crippen LogP contribution is -2.54. The molecule has 4 rings (SSSR count). The summed E-state index contributed by atoms with van der Waals surface area (Å²) in [7, 11) is 1.85. The van der Waals surface area contributed by atoms with Gasteiger partial charge in [-0.1, -0.05) is 29.8 Å². The van der Waals surface area contributed by atoms with E-state index in [0.717, 1.165) is 81.9 Å². The molecule has 1 aromatic carbocycles. The van der Waals surface area contributed by atoms with Crippen molar-refractivity contribution >= 4 is 17.6 Å². The number of morpholine rings is 2. The van der Waals surface area contributed by atoms with Gasteiger partial charge in [0.05, 0.1) is 32.0 Å². The van der Waals surface area contributed by atoms with Gasteiger partial charge in [-0.05, 0) is 24.5 Å². The van der Waals surface area contributed by atoms with Crippen molar-refractivity contribution in [2.45, 2.75) is 31.1 Å². The van der Waals surface area contributed by atoms with Crippen molar-refractivity contribution < 1.29 is 14.2 Å². The molecule has 0 bridgehead atoms. The predicted octanol–water partition coefficient (Wildman–Crippen LogP) is 2.17. The fourth-order valence-electron chi connectivity index (χ4n) is 4.58. The second-order valence-electron chi connectivity index (χ2n) is 8.02. The van der Waals surface area contributed by atoms with Crippen LogP contribution in [0.15, 0.2) is 29.3 Å². The van der Waals surface area contributed by atoms with Crippen molar-refractivity contribution in [3.63, 3.8) is 0 Å². The molecule has 0 radical (unpaired) electrons. The van der Waals surface area contributed by atoms with Gasteiger partial charge in [-0.15, -0.1) is 0 Å². The molecule has 0 amide bonds. The SMILES string of the molecule is CN=C(NCC(c1ccccc1Cl)N1CCOCC1)N1CCOC(C2CCCO2)C1. The molecule has 0 aromatic heterocycles. The van der Waals surface area contributed by atoms with Crippen LogP contribution in [0.25, 0.3) is 0 Å². The van der Waals surface area contributed by atoms with Crippen molar-refractivity contribution in [3.8, 4) is 0 Å². The summed E-state index contributed by atoms with van der Waals surface area (Å²) < 4.78 is 17.4. The normalized spacial score (nSPS) is 27.3. The summed E-state index contributed by atoms with van der Waals surface area (Å²) >= 11 is 6.57. The fraction of sp³-hybridized carbons (Fsp3) is 0.682. The summed E-state index contributed by atoms with van der Waals surface area (Å²) in [4.78, 5) is 9.30. The molecule has 166 valence electrons. The maximum absolute atomic E-state index is 6.57. The van der Waals surface area contributed by atoms with E-state index in [1.165, 1.54) is 0 Å². The van der Waals surface area contributed by atoms with E-state index < -0.39 is 0 Å². The lowest BCUT2D eigenvalue weighted by Gasteiger charge is -2.39. The maximum atomic E-state index is 6.57. The number of hydrogen-bond acceptors (Lipinski definition) is 5. The zero-order valence-electron chi connectivity index (χ0n) is 17.8. The van der Waals surface area contributed by atoms with Crippen LogP contribution in [0.1, 0.15) is 24.4 Å². The van der Waals surface area contributed by atoms with Crippen LogP contribution in [-0.2, 0) is 14.2 Å². The largest absolute Gasteiger partial charge is 0.379 e. The fourth-order valence-corrected chi connectivity index (χ4v) is 4.84. The Morgan fingerprint density at radius 2 is 1.93 bits per heavy atom. The van der Waals surface area contributed by atoms with Gasteiger partial charge in [0.15, 0.2) is 5.96 Å². The van der Waals surface area contributed by atoms with Gasteiger partial charge >= 0.3 is 0 Å². The average molecular weight is 437 g/mol. The van der Waals surface area contributed by atoms with Crippen LogP contribution in [0.5, 0.6) is 0 Å². The van der Waals surface area contributed by atoms with E-state index in [2.05, 4.69) is 32.2 Å². The standard InChI is InChI=1S/C22H33ClN4O3/c1-24-22(27-10-14-30-21(16-27)20-7-4-11-29-20)25-15-19(26-8-12-28-13-9-26)17-5-2-3-6-18(17)23/h2-3,5-6,19-21H,4,7-16H2,1H3,(H,24,25). The molecule has 3 atom stereocenters. The molecule has 8 heteroatoms. The Hall–Kier alpha value is -1.38. The van der Waals surface area contributed by atoms with Crippen LogP contribution in [0.4, 0.5) is 0 Å². The van der Waals surface area contributed by atoms with E-state index >= 15 is 0 Å². The molecule has 3 aliphatic heterocycles. The van der Waals surface area contributed by atoms with E-state index in [1.807, 2.05) is 19.2 Å². The quantitative estimate of drug-likeness (QED) is 0.564. The van der Waals surface area contributed by atoms with Crippen LogP contribution < -0.4 is 5.32 Å². The highest BCUT2D eigenvalue weighted by molar-refractivity contribution is 6.31.